The van der Waals surface area contributed by atoms with E-state index in [4.69, 9.17) is 23.2 Å². The largest absolute Gasteiger partial charge is 0.246 e. The van der Waals surface area contributed by atoms with Crippen LogP contribution in [0, 0.1) is 11.7 Å². The van der Waals surface area contributed by atoms with Crippen LogP contribution in [0.3, 0.4) is 0 Å². The highest BCUT2D eigenvalue weighted by Gasteiger charge is 2.30. The number of sulfonamides is 1. The Morgan fingerprint density at radius 2 is 2.05 bits per heavy atom. The van der Waals surface area contributed by atoms with Gasteiger partial charge in [-0.2, -0.15) is 4.31 Å². The number of hydrogen-bond donors (Lipinski definition) is 0. The SMILES string of the molecule is CC1CCCN(S(=O)(=O)c2cc(Cl)cc(CCl)c2F)CC1. The van der Waals surface area contributed by atoms with E-state index >= 15 is 0 Å². The van der Waals surface area contributed by atoms with Gasteiger partial charge >= 0.3 is 0 Å². The summed E-state index contributed by atoms with van der Waals surface area (Å²) in [5.74, 6) is -0.439. The molecule has 118 valence electrons. The lowest BCUT2D eigenvalue weighted by atomic mass is 10.0. The van der Waals surface area contributed by atoms with Crippen LogP contribution in [0.25, 0.3) is 0 Å². The minimum Gasteiger partial charge on any atom is -0.207 e. The van der Waals surface area contributed by atoms with Gasteiger partial charge in [-0.25, -0.2) is 12.8 Å². The highest BCUT2D eigenvalue weighted by Crippen LogP contribution is 2.29. The third-order valence-corrected chi connectivity index (χ3v) is 6.22. The second-order valence-electron chi connectivity index (χ2n) is 5.45. The lowest BCUT2D eigenvalue weighted by Crippen LogP contribution is -2.32. The molecule has 0 aliphatic carbocycles. The molecule has 0 amide bonds. The van der Waals surface area contributed by atoms with Crippen LogP contribution in [0.2, 0.25) is 5.02 Å². The van der Waals surface area contributed by atoms with E-state index in [9.17, 15) is 12.8 Å². The fraction of sp³-hybridized carbons (Fsp3) is 0.571. The Bertz CT molecular complexity index is 622. The second kappa shape index (κ2) is 6.82. The zero-order chi connectivity index (χ0) is 15.6. The lowest BCUT2D eigenvalue weighted by Gasteiger charge is -2.21. The predicted molar refractivity (Wildman–Crippen MR) is 82.7 cm³/mol. The predicted octanol–water partition coefficient (Wildman–Crippen LogP) is 4.03. The molecule has 1 unspecified atom stereocenters. The number of hydrogen-bond acceptors (Lipinski definition) is 2. The highest BCUT2D eigenvalue weighted by atomic mass is 35.5. The summed E-state index contributed by atoms with van der Waals surface area (Å²) < 4.78 is 41.0. The number of alkyl halides is 1. The van der Waals surface area contributed by atoms with Crippen LogP contribution in [0.4, 0.5) is 4.39 Å². The smallest absolute Gasteiger partial charge is 0.207 e. The van der Waals surface area contributed by atoms with Gasteiger partial charge < -0.3 is 0 Å². The van der Waals surface area contributed by atoms with Crippen molar-refractivity contribution in [3.63, 3.8) is 0 Å². The van der Waals surface area contributed by atoms with Crippen molar-refractivity contribution in [2.24, 2.45) is 5.92 Å². The molecule has 0 radical (unpaired) electrons. The molecule has 1 atom stereocenters. The van der Waals surface area contributed by atoms with E-state index in [1.165, 1.54) is 10.4 Å². The normalized spacial score (nSPS) is 21.2. The maximum Gasteiger partial charge on any atom is 0.246 e. The molecule has 0 N–H and O–H groups in total. The molecule has 1 aliphatic rings. The Labute approximate surface area is 135 Å². The Balaban J connectivity index is 2.42. The van der Waals surface area contributed by atoms with Crippen LogP contribution in [-0.2, 0) is 15.9 Å². The van der Waals surface area contributed by atoms with Gasteiger partial charge in [0.25, 0.3) is 0 Å². The fourth-order valence-electron chi connectivity index (χ4n) is 2.52. The van der Waals surface area contributed by atoms with Gasteiger partial charge in [-0.15, -0.1) is 11.6 Å². The van der Waals surface area contributed by atoms with Crippen molar-refractivity contribution in [1.82, 2.24) is 4.31 Å². The van der Waals surface area contributed by atoms with Crippen molar-refractivity contribution in [3.05, 3.63) is 28.5 Å². The van der Waals surface area contributed by atoms with E-state index in [0.29, 0.717) is 19.0 Å². The summed E-state index contributed by atoms with van der Waals surface area (Å²) in [7, 11) is -3.88. The van der Waals surface area contributed by atoms with Crippen molar-refractivity contribution in [3.8, 4) is 0 Å². The summed E-state index contributed by atoms with van der Waals surface area (Å²) in [5, 5.41) is 0.175. The van der Waals surface area contributed by atoms with Crippen molar-refractivity contribution >= 4 is 33.2 Å². The number of benzene rings is 1. The van der Waals surface area contributed by atoms with Crippen LogP contribution in [-0.4, -0.2) is 25.8 Å². The van der Waals surface area contributed by atoms with Crippen LogP contribution in [0.5, 0.6) is 0 Å². The maximum atomic E-state index is 14.3. The number of nitrogens with zero attached hydrogens (tertiary/aromatic N) is 1. The summed E-state index contributed by atoms with van der Waals surface area (Å²) in [6, 6.07) is 2.52. The van der Waals surface area contributed by atoms with E-state index < -0.39 is 15.8 Å². The zero-order valence-corrected chi connectivity index (χ0v) is 14.1. The fourth-order valence-corrected chi connectivity index (χ4v) is 4.65. The van der Waals surface area contributed by atoms with Gasteiger partial charge in [0.15, 0.2) is 0 Å². The summed E-state index contributed by atoms with van der Waals surface area (Å²) in [6.45, 7) is 2.92. The van der Waals surface area contributed by atoms with Crippen LogP contribution >= 0.6 is 23.2 Å². The van der Waals surface area contributed by atoms with Gasteiger partial charge in [0.2, 0.25) is 10.0 Å². The summed E-state index contributed by atoms with van der Waals surface area (Å²) in [4.78, 5) is -0.375. The van der Waals surface area contributed by atoms with Crippen molar-refractivity contribution in [2.75, 3.05) is 13.1 Å². The third kappa shape index (κ3) is 3.70. The minimum atomic E-state index is -3.88. The first-order valence-corrected chi connectivity index (χ1v) is 9.25. The molecule has 7 heteroatoms. The third-order valence-electron chi connectivity index (χ3n) is 3.82. The molecule has 0 bridgehead atoms. The topological polar surface area (TPSA) is 37.4 Å². The average Bonchev–Trinajstić information content (AvgIpc) is 2.66. The molecular weight excluding hydrogens is 336 g/mol. The first-order chi connectivity index (χ1) is 9.86. The molecule has 1 aliphatic heterocycles. The second-order valence-corrected chi connectivity index (χ2v) is 8.06. The molecule has 1 heterocycles. The number of rotatable bonds is 3. The van der Waals surface area contributed by atoms with Crippen molar-refractivity contribution < 1.29 is 12.8 Å². The van der Waals surface area contributed by atoms with E-state index in [1.807, 2.05) is 0 Å². The monoisotopic (exact) mass is 353 g/mol. The average molecular weight is 354 g/mol. The van der Waals surface area contributed by atoms with E-state index in [2.05, 4.69) is 6.92 Å². The molecule has 1 fully saturated rings. The molecule has 1 saturated heterocycles. The molecule has 1 aromatic rings. The van der Waals surface area contributed by atoms with E-state index in [0.717, 1.165) is 25.3 Å². The quantitative estimate of drug-likeness (QED) is 0.769. The molecule has 2 rings (SSSR count). The van der Waals surface area contributed by atoms with Crippen molar-refractivity contribution in [2.45, 2.75) is 37.0 Å². The van der Waals surface area contributed by atoms with Gasteiger partial charge in [0.1, 0.15) is 10.7 Å². The van der Waals surface area contributed by atoms with E-state index in [-0.39, 0.29) is 21.4 Å². The van der Waals surface area contributed by atoms with Gasteiger partial charge in [0, 0.05) is 23.7 Å². The molecule has 0 aromatic heterocycles. The van der Waals surface area contributed by atoms with E-state index in [1.54, 1.807) is 0 Å². The van der Waals surface area contributed by atoms with Crippen LogP contribution in [0.15, 0.2) is 17.0 Å². The first-order valence-electron chi connectivity index (χ1n) is 6.90. The summed E-state index contributed by atoms with van der Waals surface area (Å²) >= 11 is 11.5. The molecule has 21 heavy (non-hydrogen) atoms. The molecule has 0 spiro atoms. The van der Waals surface area contributed by atoms with Gasteiger partial charge in [-0.1, -0.05) is 18.5 Å². The Hall–Kier alpha value is -0.360. The first kappa shape index (κ1) is 17.0. The Morgan fingerprint density at radius 1 is 1.33 bits per heavy atom. The summed E-state index contributed by atoms with van der Waals surface area (Å²) in [6.07, 6.45) is 2.55. The van der Waals surface area contributed by atoms with Crippen molar-refractivity contribution in [1.29, 1.82) is 0 Å². The minimum absolute atomic E-state index is 0.103. The summed E-state index contributed by atoms with van der Waals surface area (Å²) in [5.41, 5.74) is 0.103. The zero-order valence-electron chi connectivity index (χ0n) is 11.8. The van der Waals surface area contributed by atoms with Gasteiger partial charge in [-0.3, -0.25) is 0 Å². The van der Waals surface area contributed by atoms with Gasteiger partial charge in [0.05, 0.1) is 5.88 Å². The van der Waals surface area contributed by atoms with Crippen LogP contribution in [0.1, 0.15) is 31.7 Å². The molecular formula is C14H18Cl2FNO2S. The maximum absolute atomic E-state index is 14.3. The molecule has 0 saturated carbocycles. The molecule has 1 aromatic carbocycles. The number of halogens is 3. The van der Waals surface area contributed by atoms with Crippen LogP contribution < -0.4 is 0 Å². The standard InChI is InChI=1S/C14H18Cl2FNO2S/c1-10-3-2-5-18(6-4-10)21(19,20)13-8-12(16)7-11(9-15)14(13)17/h7-8,10H,2-6,9H2,1H3. The Kier molecular flexibility index (Phi) is 5.52. The Morgan fingerprint density at radius 3 is 2.71 bits per heavy atom. The van der Waals surface area contributed by atoms with Gasteiger partial charge in [-0.05, 0) is 37.3 Å². The lowest BCUT2D eigenvalue weighted by molar-refractivity contribution is 0.413. The highest BCUT2D eigenvalue weighted by molar-refractivity contribution is 7.89. The molecule has 3 nitrogen and oxygen atoms in total.